The maximum absolute atomic E-state index is 11.8. The Labute approximate surface area is 142 Å². The summed E-state index contributed by atoms with van der Waals surface area (Å²) in [6, 6.07) is 8.73. The van der Waals surface area contributed by atoms with E-state index in [2.05, 4.69) is 20.3 Å². The summed E-state index contributed by atoms with van der Waals surface area (Å²) in [6.07, 6.45) is 2.37. The summed E-state index contributed by atoms with van der Waals surface area (Å²) >= 11 is 0. The van der Waals surface area contributed by atoms with E-state index in [1.165, 1.54) is 6.20 Å². The van der Waals surface area contributed by atoms with Crippen molar-refractivity contribution in [3.8, 4) is 0 Å². The highest BCUT2D eigenvalue weighted by Gasteiger charge is 2.21. The van der Waals surface area contributed by atoms with Crippen LogP contribution in [0.4, 0.5) is 10.5 Å². The maximum Gasteiger partial charge on any atom is 0.408 e. The molecule has 1 heterocycles. The van der Waals surface area contributed by atoms with Gasteiger partial charge in [0.1, 0.15) is 12.6 Å². The maximum atomic E-state index is 11.8. The quantitative estimate of drug-likeness (QED) is 0.453. The van der Waals surface area contributed by atoms with E-state index in [1.807, 2.05) is 0 Å². The number of carbonyl (C=O) groups excluding carboxylic acids is 1. The normalized spacial score (nSPS) is 11.0. The lowest BCUT2D eigenvalue weighted by molar-refractivity contribution is -0.139. The lowest BCUT2D eigenvalue weighted by Gasteiger charge is -2.14. The topological polar surface area (TPSA) is 137 Å². The van der Waals surface area contributed by atoms with E-state index in [-0.39, 0.29) is 13.0 Å². The van der Waals surface area contributed by atoms with E-state index in [0.717, 1.165) is 0 Å². The molecule has 0 saturated carbocycles. The SMILES string of the molecule is [N-]=[N+]=Nc1ccc(COC(=O)N[C@@H](Cc2cccnc2)C(=O)O)cc1. The van der Waals surface area contributed by atoms with E-state index < -0.39 is 18.1 Å². The molecule has 2 N–H and O–H groups in total. The minimum Gasteiger partial charge on any atom is -0.480 e. The zero-order chi connectivity index (χ0) is 18.1. The van der Waals surface area contributed by atoms with Crippen molar-refractivity contribution in [1.82, 2.24) is 10.3 Å². The highest BCUT2D eigenvalue weighted by Crippen LogP contribution is 2.13. The van der Waals surface area contributed by atoms with Crippen molar-refractivity contribution in [2.45, 2.75) is 19.1 Å². The Morgan fingerprint density at radius 2 is 2.04 bits per heavy atom. The van der Waals surface area contributed by atoms with Crippen LogP contribution in [0.25, 0.3) is 10.4 Å². The van der Waals surface area contributed by atoms with Gasteiger partial charge in [-0.25, -0.2) is 9.59 Å². The van der Waals surface area contributed by atoms with Gasteiger partial charge in [-0.1, -0.05) is 35.4 Å². The van der Waals surface area contributed by atoms with Gasteiger partial charge in [0.15, 0.2) is 0 Å². The number of nitrogens with zero attached hydrogens (tertiary/aromatic N) is 4. The number of carboxylic acid groups (broad SMARTS) is 1. The number of hydrogen-bond acceptors (Lipinski definition) is 5. The number of carboxylic acids is 1. The molecule has 0 unspecified atom stereocenters. The Hall–Kier alpha value is -3.58. The fourth-order valence-electron chi connectivity index (χ4n) is 2.00. The van der Waals surface area contributed by atoms with Crippen LogP contribution >= 0.6 is 0 Å². The molecule has 0 bridgehead atoms. The largest absolute Gasteiger partial charge is 0.480 e. The molecule has 0 radical (unpaired) electrons. The zero-order valence-corrected chi connectivity index (χ0v) is 13.1. The van der Waals surface area contributed by atoms with Gasteiger partial charge in [0.2, 0.25) is 0 Å². The third-order valence-electron chi connectivity index (χ3n) is 3.22. The molecule has 1 aromatic carbocycles. The number of amides is 1. The van der Waals surface area contributed by atoms with Crippen molar-refractivity contribution >= 4 is 17.7 Å². The fourth-order valence-corrected chi connectivity index (χ4v) is 2.00. The van der Waals surface area contributed by atoms with Crippen molar-refractivity contribution in [3.05, 3.63) is 70.4 Å². The van der Waals surface area contributed by atoms with Gasteiger partial charge in [-0.05, 0) is 22.7 Å². The molecule has 0 fully saturated rings. The second-order valence-corrected chi connectivity index (χ2v) is 5.03. The molecule has 9 heteroatoms. The molecule has 25 heavy (non-hydrogen) atoms. The molecule has 9 nitrogen and oxygen atoms in total. The Morgan fingerprint density at radius 3 is 2.64 bits per heavy atom. The first-order valence-corrected chi connectivity index (χ1v) is 7.27. The number of azide groups is 1. The molecule has 0 aliphatic heterocycles. The zero-order valence-electron chi connectivity index (χ0n) is 13.1. The number of aromatic nitrogens is 1. The molecule has 0 saturated heterocycles. The van der Waals surface area contributed by atoms with E-state index in [4.69, 9.17) is 10.3 Å². The van der Waals surface area contributed by atoms with Crippen LogP contribution in [0.15, 0.2) is 53.9 Å². The first kappa shape index (κ1) is 17.8. The van der Waals surface area contributed by atoms with E-state index in [1.54, 1.807) is 42.6 Å². The number of benzene rings is 1. The highest BCUT2D eigenvalue weighted by molar-refractivity contribution is 5.80. The number of hydrogen-bond donors (Lipinski definition) is 2. The van der Waals surface area contributed by atoms with Gasteiger partial charge in [-0.15, -0.1) is 0 Å². The van der Waals surface area contributed by atoms with Gasteiger partial charge in [0.25, 0.3) is 0 Å². The molecular weight excluding hydrogens is 326 g/mol. The van der Waals surface area contributed by atoms with Crippen LogP contribution in [0.5, 0.6) is 0 Å². The molecule has 0 spiro atoms. The fraction of sp³-hybridized carbons (Fsp3) is 0.188. The van der Waals surface area contributed by atoms with E-state index >= 15 is 0 Å². The Balaban J connectivity index is 1.88. The lowest BCUT2D eigenvalue weighted by Crippen LogP contribution is -2.42. The summed E-state index contributed by atoms with van der Waals surface area (Å²) in [5.41, 5.74) is 10.1. The molecular formula is C16H15N5O4. The van der Waals surface area contributed by atoms with Gasteiger partial charge in [0, 0.05) is 29.4 Å². The highest BCUT2D eigenvalue weighted by atomic mass is 16.5. The lowest BCUT2D eigenvalue weighted by atomic mass is 10.1. The molecule has 1 aromatic heterocycles. The van der Waals surface area contributed by atoms with Gasteiger partial charge < -0.3 is 15.2 Å². The van der Waals surface area contributed by atoms with E-state index in [9.17, 15) is 14.7 Å². The van der Waals surface area contributed by atoms with Crippen molar-refractivity contribution in [1.29, 1.82) is 0 Å². The van der Waals surface area contributed by atoms with Crippen LogP contribution in [-0.2, 0) is 22.6 Å². The summed E-state index contributed by atoms with van der Waals surface area (Å²) in [4.78, 5) is 29.7. The molecule has 2 rings (SSSR count). The predicted octanol–water partition coefficient (Wildman–Crippen LogP) is 2.95. The number of carbonyl (C=O) groups is 2. The molecule has 2 aromatic rings. The standard InChI is InChI=1S/C16H15N5O4/c17-21-20-13-5-3-11(4-6-13)10-25-16(24)19-14(15(22)23)8-12-2-1-7-18-9-12/h1-7,9,14H,8,10H2,(H,19,24)(H,22,23)/t14-/m0/s1. The molecule has 128 valence electrons. The number of ether oxygens (including phenoxy) is 1. The van der Waals surface area contributed by atoms with Crippen molar-refractivity contribution in [2.24, 2.45) is 5.11 Å². The Morgan fingerprint density at radius 1 is 1.28 bits per heavy atom. The average molecular weight is 341 g/mol. The minimum absolute atomic E-state index is 0.0401. The minimum atomic E-state index is -1.17. The van der Waals surface area contributed by atoms with Crippen molar-refractivity contribution in [2.75, 3.05) is 0 Å². The van der Waals surface area contributed by atoms with Crippen LogP contribution in [-0.4, -0.2) is 28.2 Å². The molecule has 0 aliphatic carbocycles. The summed E-state index contributed by atoms with van der Waals surface area (Å²) in [7, 11) is 0. The van der Waals surface area contributed by atoms with Gasteiger partial charge >= 0.3 is 12.1 Å². The molecule has 1 amide bonds. The van der Waals surface area contributed by atoms with Crippen molar-refractivity contribution in [3.63, 3.8) is 0 Å². The number of rotatable bonds is 7. The van der Waals surface area contributed by atoms with Crippen LogP contribution in [0, 0.1) is 0 Å². The number of pyridine rings is 1. The van der Waals surface area contributed by atoms with Gasteiger partial charge in [0.05, 0.1) is 0 Å². The summed E-state index contributed by atoms with van der Waals surface area (Å²) in [5.74, 6) is -1.17. The van der Waals surface area contributed by atoms with E-state index in [0.29, 0.717) is 16.8 Å². The smallest absolute Gasteiger partial charge is 0.408 e. The monoisotopic (exact) mass is 341 g/mol. The second kappa shape index (κ2) is 8.90. The van der Waals surface area contributed by atoms with Crippen LogP contribution in [0.2, 0.25) is 0 Å². The summed E-state index contributed by atoms with van der Waals surface area (Å²) in [5, 5.41) is 15.0. The number of aliphatic carboxylic acids is 1. The number of nitrogens with one attached hydrogen (secondary N) is 1. The molecule has 1 atom stereocenters. The summed E-state index contributed by atoms with van der Waals surface area (Å²) in [6.45, 7) is -0.0401. The molecule has 0 aliphatic rings. The average Bonchev–Trinajstić information content (AvgIpc) is 2.61. The predicted molar refractivity (Wildman–Crippen MR) is 87.9 cm³/mol. The van der Waals surface area contributed by atoms with Gasteiger partial charge in [-0.3, -0.25) is 4.98 Å². The Kier molecular flexibility index (Phi) is 6.32. The first-order chi connectivity index (χ1) is 12.1. The third kappa shape index (κ3) is 5.85. The Bertz CT molecular complexity index is 773. The second-order valence-electron chi connectivity index (χ2n) is 5.03. The third-order valence-corrected chi connectivity index (χ3v) is 3.22. The van der Waals surface area contributed by atoms with Crippen LogP contribution < -0.4 is 5.32 Å². The van der Waals surface area contributed by atoms with Crippen molar-refractivity contribution < 1.29 is 19.4 Å². The summed E-state index contributed by atoms with van der Waals surface area (Å²) < 4.78 is 5.01. The number of alkyl carbamates (subject to hydrolysis) is 1. The van der Waals surface area contributed by atoms with Crippen LogP contribution in [0.3, 0.4) is 0 Å². The van der Waals surface area contributed by atoms with Crippen LogP contribution in [0.1, 0.15) is 11.1 Å². The van der Waals surface area contributed by atoms with Gasteiger partial charge in [-0.2, -0.15) is 0 Å². The first-order valence-electron chi connectivity index (χ1n) is 7.27.